The number of amidine groups is 1. The number of ketones is 1. The van der Waals surface area contributed by atoms with E-state index in [1.54, 1.807) is 30.5 Å². The monoisotopic (exact) mass is 376 g/mol. The van der Waals surface area contributed by atoms with Gasteiger partial charge in [-0.2, -0.15) is 5.10 Å². The summed E-state index contributed by atoms with van der Waals surface area (Å²) in [7, 11) is 0. The number of carbonyl (C=O) groups excluding carboxylic acids is 2. The molecule has 27 heavy (non-hydrogen) atoms. The Balaban J connectivity index is 1.42. The molecular formula is C20H16N4O2S. The van der Waals surface area contributed by atoms with Gasteiger partial charge in [0.15, 0.2) is 11.0 Å². The Hall–Kier alpha value is -3.19. The summed E-state index contributed by atoms with van der Waals surface area (Å²) in [6, 6.07) is 16.9. The van der Waals surface area contributed by atoms with Crippen LogP contribution in [0.2, 0.25) is 0 Å². The molecule has 1 amide bonds. The van der Waals surface area contributed by atoms with Crippen molar-refractivity contribution in [2.45, 2.75) is 11.7 Å². The number of Topliss-reactive ketones (excluding diaryl/α,β-unsaturated/α-hetero) is 1. The Morgan fingerprint density at radius 3 is 2.74 bits per heavy atom. The van der Waals surface area contributed by atoms with E-state index in [1.807, 2.05) is 36.5 Å². The van der Waals surface area contributed by atoms with E-state index in [4.69, 9.17) is 0 Å². The van der Waals surface area contributed by atoms with Gasteiger partial charge in [-0.3, -0.25) is 9.59 Å². The first-order valence-electron chi connectivity index (χ1n) is 8.43. The van der Waals surface area contributed by atoms with E-state index < -0.39 is 5.25 Å². The third-order valence-corrected chi connectivity index (χ3v) is 5.28. The van der Waals surface area contributed by atoms with Gasteiger partial charge in [0.05, 0.1) is 11.5 Å². The molecule has 1 fully saturated rings. The molecule has 1 saturated heterocycles. The molecule has 1 atom stereocenters. The molecule has 2 N–H and O–H groups in total. The zero-order valence-electron chi connectivity index (χ0n) is 14.3. The predicted octanol–water partition coefficient (Wildman–Crippen LogP) is 3.36. The number of H-pyrrole nitrogens is 1. The van der Waals surface area contributed by atoms with Crippen molar-refractivity contribution < 1.29 is 9.59 Å². The number of fused-ring (bicyclic) bond motifs is 1. The summed E-state index contributed by atoms with van der Waals surface area (Å²) in [4.78, 5) is 27.5. The van der Waals surface area contributed by atoms with E-state index in [-0.39, 0.29) is 18.1 Å². The molecule has 1 aliphatic rings. The number of benzene rings is 2. The number of aromatic nitrogens is 1. The maximum atomic E-state index is 12.3. The van der Waals surface area contributed by atoms with Gasteiger partial charge in [-0.25, -0.2) is 0 Å². The number of thioether (sulfide) groups is 1. The second-order valence-electron chi connectivity index (χ2n) is 6.03. The van der Waals surface area contributed by atoms with Gasteiger partial charge in [0.25, 0.3) is 0 Å². The van der Waals surface area contributed by atoms with Crippen LogP contribution in [0, 0.1) is 0 Å². The van der Waals surface area contributed by atoms with Gasteiger partial charge >= 0.3 is 0 Å². The van der Waals surface area contributed by atoms with Gasteiger partial charge in [-0.05, 0) is 6.07 Å². The van der Waals surface area contributed by atoms with Crippen LogP contribution >= 0.6 is 11.8 Å². The fraction of sp³-hybridized carbons (Fsp3) is 0.100. The van der Waals surface area contributed by atoms with Crippen molar-refractivity contribution in [3.63, 3.8) is 0 Å². The number of nitrogens with one attached hydrogen (secondary N) is 2. The Kier molecular flexibility index (Phi) is 4.84. The summed E-state index contributed by atoms with van der Waals surface area (Å²) in [5.41, 5.74) is 2.54. The predicted molar refractivity (Wildman–Crippen MR) is 108 cm³/mol. The van der Waals surface area contributed by atoms with Gasteiger partial charge < -0.3 is 10.3 Å². The molecule has 0 bridgehead atoms. The summed E-state index contributed by atoms with van der Waals surface area (Å²) < 4.78 is 0. The van der Waals surface area contributed by atoms with Gasteiger partial charge in [-0.15, -0.1) is 5.10 Å². The number of rotatable bonds is 5. The second kappa shape index (κ2) is 7.59. The second-order valence-corrected chi connectivity index (χ2v) is 7.22. The molecule has 7 heteroatoms. The van der Waals surface area contributed by atoms with E-state index >= 15 is 0 Å². The fourth-order valence-electron chi connectivity index (χ4n) is 2.84. The Morgan fingerprint density at radius 1 is 1.11 bits per heavy atom. The first kappa shape index (κ1) is 17.2. The SMILES string of the molecule is O=C(CC1SC(=N/N=C/c2c[nH]c3ccccc23)NC1=O)c1ccccc1. The summed E-state index contributed by atoms with van der Waals surface area (Å²) in [5, 5.41) is 11.8. The fourth-order valence-corrected chi connectivity index (χ4v) is 3.77. The summed E-state index contributed by atoms with van der Waals surface area (Å²) >= 11 is 1.23. The lowest BCUT2D eigenvalue weighted by atomic mass is 10.1. The average Bonchev–Trinajstić information content (AvgIpc) is 3.26. The molecular weight excluding hydrogens is 360 g/mol. The van der Waals surface area contributed by atoms with Crippen molar-refractivity contribution in [2.24, 2.45) is 10.2 Å². The van der Waals surface area contributed by atoms with Crippen LogP contribution in [-0.2, 0) is 4.79 Å². The van der Waals surface area contributed by atoms with Crippen LogP contribution in [0.3, 0.4) is 0 Å². The number of hydrogen-bond acceptors (Lipinski definition) is 5. The number of para-hydroxylation sites is 1. The average molecular weight is 376 g/mol. The van der Waals surface area contributed by atoms with E-state index in [9.17, 15) is 9.59 Å². The highest BCUT2D eigenvalue weighted by atomic mass is 32.2. The molecule has 1 aromatic heterocycles. The van der Waals surface area contributed by atoms with E-state index in [2.05, 4.69) is 20.5 Å². The van der Waals surface area contributed by atoms with Crippen LogP contribution in [0.4, 0.5) is 0 Å². The lowest BCUT2D eigenvalue weighted by Gasteiger charge is -2.04. The molecule has 134 valence electrons. The lowest BCUT2D eigenvalue weighted by molar-refractivity contribution is -0.118. The Morgan fingerprint density at radius 2 is 1.89 bits per heavy atom. The molecule has 3 aromatic rings. The van der Waals surface area contributed by atoms with Crippen LogP contribution in [-0.4, -0.2) is 33.3 Å². The largest absolute Gasteiger partial charge is 0.361 e. The minimum absolute atomic E-state index is 0.0632. The van der Waals surface area contributed by atoms with Crippen molar-refractivity contribution in [2.75, 3.05) is 0 Å². The minimum Gasteiger partial charge on any atom is -0.361 e. The third-order valence-electron chi connectivity index (χ3n) is 4.21. The van der Waals surface area contributed by atoms with Crippen molar-refractivity contribution in [1.82, 2.24) is 10.3 Å². The van der Waals surface area contributed by atoms with Crippen LogP contribution in [0.5, 0.6) is 0 Å². The smallest absolute Gasteiger partial charge is 0.240 e. The topological polar surface area (TPSA) is 86.7 Å². The van der Waals surface area contributed by atoms with Crippen LogP contribution in [0.25, 0.3) is 10.9 Å². The lowest BCUT2D eigenvalue weighted by Crippen LogP contribution is -2.26. The van der Waals surface area contributed by atoms with E-state index in [1.165, 1.54) is 11.8 Å². The van der Waals surface area contributed by atoms with Gasteiger partial charge in [-0.1, -0.05) is 60.3 Å². The quantitative estimate of drug-likeness (QED) is 0.407. The van der Waals surface area contributed by atoms with Crippen LogP contribution in [0.15, 0.2) is 71.0 Å². The van der Waals surface area contributed by atoms with Crippen molar-refractivity contribution in [3.05, 3.63) is 71.9 Å². The third kappa shape index (κ3) is 3.83. The normalized spacial score (nSPS) is 18.4. The van der Waals surface area contributed by atoms with Gasteiger partial charge in [0.2, 0.25) is 5.91 Å². The molecule has 2 heterocycles. The van der Waals surface area contributed by atoms with Crippen molar-refractivity contribution >= 4 is 45.7 Å². The van der Waals surface area contributed by atoms with E-state index in [0.717, 1.165) is 16.5 Å². The molecule has 1 aliphatic heterocycles. The first-order valence-corrected chi connectivity index (χ1v) is 9.31. The van der Waals surface area contributed by atoms with Gasteiger partial charge in [0.1, 0.15) is 0 Å². The molecule has 1 unspecified atom stereocenters. The molecule has 4 rings (SSSR count). The number of nitrogens with zero attached hydrogens (tertiary/aromatic N) is 2. The van der Waals surface area contributed by atoms with E-state index in [0.29, 0.717) is 10.7 Å². The molecule has 6 nitrogen and oxygen atoms in total. The summed E-state index contributed by atoms with van der Waals surface area (Å²) in [6.45, 7) is 0. The van der Waals surface area contributed by atoms with Crippen molar-refractivity contribution in [1.29, 1.82) is 0 Å². The number of amides is 1. The van der Waals surface area contributed by atoms with Crippen LogP contribution < -0.4 is 5.32 Å². The summed E-state index contributed by atoms with van der Waals surface area (Å²) in [6.07, 6.45) is 3.63. The molecule has 0 radical (unpaired) electrons. The maximum Gasteiger partial charge on any atom is 0.240 e. The van der Waals surface area contributed by atoms with Gasteiger partial charge in [0, 0.05) is 34.6 Å². The maximum absolute atomic E-state index is 12.3. The number of carbonyl (C=O) groups is 2. The highest BCUT2D eigenvalue weighted by Crippen LogP contribution is 2.24. The summed E-state index contributed by atoms with van der Waals surface area (Å²) in [5.74, 6) is -0.280. The molecule has 0 spiro atoms. The molecule has 0 aliphatic carbocycles. The number of hydrogen-bond donors (Lipinski definition) is 2. The standard InChI is InChI=1S/C20H16N4O2S/c25-17(13-6-2-1-3-7-13)10-18-19(26)23-20(27-18)24-22-12-14-11-21-16-9-5-4-8-15(14)16/h1-9,11-12,18,21H,10H2,(H,23,24,26)/b22-12+. The zero-order chi connectivity index (χ0) is 18.6. The number of aromatic amines is 1. The first-order chi connectivity index (χ1) is 13.2. The van der Waals surface area contributed by atoms with Crippen molar-refractivity contribution in [3.8, 4) is 0 Å². The Labute approximate surface area is 159 Å². The highest BCUT2D eigenvalue weighted by Gasteiger charge is 2.32. The molecule has 0 saturated carbocycles. The minimum atomic E-state index is -0.486. The molecule has 2 aromatic carbocycles. The Bertz CT molecular complexity index is 1060. The highest BCUT2D eigenvalue weighted by molar-refractivity contribution is 8.15. The zero-order valence-corrected chi connectivity index (χ0v) is 15.1. The van der Waals surface area contributed by atoms with Crippen LogP contribution in [0.1, 0.15) is 22.3 Å².